The topological polar surface area (TPSA) is 72.0 Å². The maximum Gasteiger partial charge on any atom is 0.320 e. The summed E-state index contributed by atoms with van der Waals surface area (Å²) < 4.78 is 11.3. The van der Waals surface area contributed by atoms with E-state index in [-0.39, 0.29) is 25.0 Å². The molecule has 2 aromatic carbocycles. The van der Waals surface area contributed by atoms with Crippen LogP contribution in [0.15, 0.2) is 72.9 Å². The van der Waals surface area contributed by atoms with Crippen LogP contribution >= 0.6 is 0 Å². The van der Waals surface area contributed by atoms with Crippen LogP contribution in [-0.4, -0.2) is 59.4 Å². The van der Waals surface area contributed by atoms with Gasteiger partial charge in [0.25, 0.3) is 5.91 Å². The maximum absolute atomic E-state index is 13.3. The third-order valence-electron chi connectivity index (χ3n) is 5.71. The lowest BCUT2D eigenvalue weighted by Gasteiger charge is -2.22. The van der Waals surface area contributed by atoms with Crippen LogP contribution in [0.25, 0.3) is 0 Å². The third-order valence-corrected chi connectivity index (χ3v) is 5.71. The van der Waals surface area contributed by atoms with Crippen LogP contribution in [0, 0.1) is 6.92 Å². The van der Waals surface area contributed by atoms with Crippen molar-refractivity contribution in [2.45, 2.75) is 20.0 Å². The normalized spacial score (nSPS) is 14.3. The Kier molecular flexibility index (Phi) is 7.88. The second-order valence-corrected chi connectivity index (χ2v) is 8.34. The lowest BCUT2D eigenvalue weighted by atomic mass is 10.2. The van der Waals surface area contributed by atoms with Crippen molar-refractivity contribution in [1.82, 2.24) is 14.8 Å². The fourth-order valence-corrected chi connectivity index (χ4v) is 3.82. The minimum atomic E-state index is -0.260. The van der Waals surface area contributed by atoms with E-state index in [1.807, 2.05) is 66.4 Å². The van der Waals surface area contributed by atoms with Crippen molar-refractivity contribution >= 4 is 11.9 Å². The molecule has 1 fully saturated rings. The molecule has 1 amide bonds. The molecule has 0 spiro atoms. The van der Waals surface area contributed by atoms with Gasteiger partial charge in [0.2, 0.25) is 5.88 Å². The van der Waals surface area contributed by atoms with Gasteiger partial charge in [-0.3, -0.25) is 14.5 Å². The molecule has 1 aromatic heterocycles. The van der Waals surface area contributed by atoms with E-state index < -0.39 is 0 Å². The monoisotopic (exact) mass is 459 g/mol. The predicted molar refractivity (Wildman–Crippen MR) is 129 cm³/mol. The number of amides is 1. The molecule has 2 heterocycles. The lowest BCUT2D eigenvalue weighted by Crippen LogP contribution is -2.37. The van der Waals surface area contributed by atoms with E-state index in [1.165, 1.54) is 0 Å². The van der Waals surface area contributed by atoms with Gasteiger partial charge in [0.1, 0.15) is 17.9 Å². The van der Waals surface area contributed by atoms with Gasteiger partial charge in [0.05, 0.1) is 6.54 Å². The van der Waals surface area contributed by atoms with Gasteiger partial charge in [-0.05, 0) is 43.2 Å². The van der Waals surface area contributed by atoms with E-state index in [0.717, 1.165) is 24.1 Å². The lowest BCUT2D eigenvalue weighted by molar-refractivity contribution is -0.146. The largest absolute Gasteiger partial charge is 0.460 e. The SMILES string of the molecule is Cc1ccc(Oc2ncccc2C(=O)N2CCCN(CC(=O)OCc3ccccc3)CC2)cc1. The smallest absolute Gasteiger partial charge is 0.320 e. The number of esters is 1. The molecule has 0 atom stereocenters. The van der Waals surface area contributed by atoms with Crippen LogP contribution in [0.5, 0.6) is 11.6 Å². The van der Waals surface area contributed by atoms with Gasteiger partial charge in [-0.1, -0.05) is 48.0 Å². The Hall–Kier alpha value is -3.71. The average Bonchev–Trinajstić information content (AvgIpc) is 3.10. The number of benzene rings is 2. The molecule has 1 aliphatic heterocycles. The second kappa shape index (κ2) is 11.4. The van der Waals surface area contributed by atoms with Crippen molar-refractivity contribution in [2.24, 2.45) is 0 Å². The Morgan fingerprint density at radius 1 is 0.912 bits per heavy atom. The first kappa shape index (κ1) is 23.4. The number of aryl methyl sites for hydroxylation is 1. The van der Waals surface area contributed by atoms with E-state index in [4.69, 9.17) is 9.47 Å². The highest BCUT2D eigenvalue weighted by molar-refractivity contribution is 5.96. The van der Waals surface area contributed by atoms with E-state index >= 15 is 0 Å². The molecule has 4 rings (SSSR count). The number of rotatable bonds is 7. The summed E-state index contributed by atoms with van der Waals surface area (Å²) in [6.45, 7) is 4.93. The number of hydrogen-bond acceptors (Lipinski definition) is 6. The van der Waals surface area contributed by atoms with Crippen molar-refractivity contribution in [3.63, 3.8) is 0 Å². The maximum atomic E-state index is 13.3. The summed E-state index contributed by atoms with van der Waals surface area (Å²) >= 11 is 0. The number of carbonyl (C=O) groups is 2. The van der Waals surface area contributed by atoms with Crippen molar-refractivity contribution < 1.29 is 19.1 Å². The summed E-state index contributed by atoms with van der Waals surface area (Å²) in [5.74, 6) is 0.546. The van der Waals surface area contributed by atoms with E-state index in [9.17, 15) is 9.59 Å². The van der Waals surface area contributed by atoms with Gasteiger partial charge < -0.3 is 14.4 Å². The quantitative estimate of drug-likeness (QED) is 0.496. The number of ether oxygens (including phenoxy) is 2. The Labute approximate surface area is 199 Å². The zero-order chi connectivity index (χ0) is 23.8. The third kappa shape index (κ3) is 6.42. The number of carbonyl (C=O) groups excluding carboxylic acids is 2. The predicted octanol–water partition coefficient (Wildman–Crippen LogP) is 4.07. The highest BCUT2D eigenvalue weighted by atomic mass is 16.5. The van der Waals surface area contributed by atoms with E-state index in [0.29, 0.717) is 36.8 Å². The molecule has 7 nitrogen and oxygen atoms in total. The van der Waals surface area contributed by atoms with Crippen LogP contribution < -0.4 is 4.74 Å². The molecule has 3 aromatic rings. The summed E-state index contributed by atoms with van der Waals surface area (Å²) in [5.41, 5.74) is 2.52. The second-order valence-electron chi connectivity index (χ2n) is 8.34. The van der Waals surface area contributed by atoms with Crippen molar-refractivity contribution in [3.8, 4) is 11.6 Å². The highest BCUT2D eigenvalue weighted by Gasteiger charge is 2.24. The molecule has 0 unspecified atom stereocenters. The molecule has 0 radical (unpaired) electrons. The molecule has 0 saturated carbocycles. The van der Waals surface area contributed by atoms with Crippen LogP contribution in [0.2, 0.25) is 0 Å². The number of hydrogen-bond donors (Lipinski definition) is 0. The first-order valence-corrected chi connectivity index (χ1v) is 11.5. The fourth-order valence-electron chi connectivity index (χ4n) is 3.82. The van der Waals surface area contributed by atoms with Crippen LogP contribution in [-0.2, 0) is 16.1 Å². The molecule has 1 saturated heterocycles. The first-order valence-electron chi connectivity index (χ1n) is 11.5. The van der Waals surface area contributed by atoms with Crippen LogP contribution in [0.1, 0.15) is 27.9 Å². The summed E-state index contributed by atoms with van der Waals surface area (Å²) in [6.07, 6.45) is 2.39. The van der Waals surface area contributed by atoms with Gasteiger partial charge in [-0.25, -0.2) is 4.98 Å². The Morgan fingerprint density at radius 3 is 2.50 bits per heavy atom. The van der Waals surface area contributed by atoms with Gasteiger partial charge in [0.15, 0.2) is 0 Å². The number of aromatic nitrogens is 1. The van der Waals surface area contributed by atoms with Crippen LogP contribution in [0.3, 0.4) is 0 Å². The van der Waals surface area contributed by atoms with Gasteiger partial charge in [0, 0.05) is 32.4 Å². The minimum Gasteiger partial charge on any atom is -0.460 e. The molecule has 0 aliphatic carbocycles. The molecule has 0 N–H and O–H groups in total. The summed E-state index contributed by atoms with van der Waals surface area (Å²) in [6, 6.07) is 20.7. The Morgan fingerprint density at radius 2 is 1.71 bits per heavy atom. The number of pyridine rings is 1. The summed E-state index contributed by atoms with van der Waals surface area (Å²) in [7, 11) is 0. The molecule has 34 heavy (non-hydrogen) atoms. The van der Waals surface area contributed by atoms with Gasteiger partial charge >= 0.3 is 5.97 Å². The fraction of sp³-hybridized carbons (Fsp3) is 0.296. The Bertz CT molecular complexity index is 1100. The zero-order valence-electron chi connectivity index (χ0n) is 19.4. The molecule has 7 heteroatoms. The van der Waals surface area contributed by atoms with E-state index in [2.05, 4.69) is 4.98 Å². The summed E-state index contributed by atoms with van der Waals surface area (Å²) in [5, 5.41) is 0. The van der Waals surface area contributed by atoms with Crippen molar-refractivity contribution in [3.05, 3.63) is 89.6 Å². The highest BCUT2D eigenvalue weighted by Crippen LogP contribution is 2.24. The van der Waals surface area contributed by atoms with Gasteiger partial charge in [-0.2, -0.15) is 0 Å². The molecule has 0 bridgehead atoms. The minimum absolute atomic E-state index is 0.122. The molecule has 1 aliphatic rings. The number of nitrogens with zero attached hydrogens (tertiary/aromatic N) is 3. The summed E-state index contributed by atoms with van der Waals surface area (Å²) in [4.78, 5) is 33.7. The van der Waals surface area contributed by atoms with Crippen LogP contribution in [0.4, 0.5) is 0 Å². The Balaban J connectivity index is 1.33. The standard InChI is InChI=1S/C27H29N3O4/c1-21-10-12-23(13-11-21)34-26-24(9-5-14-28-26)27(32)30-16-6-15-29(17-18-30)19-25(31)33-20-22-7-3-2-4-8-22/h2-5,7-14H,6,15-20H2,1H3. The van der Waals surface area contributed by atoms with Crippen molar-refractivity contribution in [2.75, 3.05) is 32.7 Å². The van der Waals surface area contributed by atoms with Gasteiger partial charge in [-0.15, -0.1) is 0 Å². The van der Waals surface area contributed by atoms with Crippen molar-refractivity contribution in [1.29, 1.82) is 0 Å². The average molecular weight is 460 g/mol. The zero-order valence-corrected chi connectivity index (χ0v) is 19.4. The molecular formula is C27H29N3O4. The first-order chi connectivity index (χ1) is 16.6. The molecule has 176 valence electrons. The van der Waals surface area contributed by atoms with E-state index in [1.54, 1.807) is 23.2 Å². The molecular weight excluding hydrogens is 430 g/mol.